The highest BCUT2D eigenvalue weighted by atomic mass is 31.2. The largest absolute Gasteiger partial charge is 0.472 e. The smallest absolute Gasteiger partial charge is 0.462 e. The second-order valence-electron chi connectivity index (χ2n) is 30.9. The highest BCUT2D eigenvalue weighted by Crippen LogP contribution is 2.45. The van der Waals surface area contributed by atoms with Crippen LogP contribution in [0.3, 0.4) is 0 Å². The van der Waals surface area contributed by atoms with Crippen LogP contribution < -0.4 is 0 Å². The van der Waals surface area contributed by atoms with Crippen LogP contribution in [0.5, 0.6) is 0 Å². The van der Waals surface area contributed by atoms with Gasteiger partial charge in [-0.05, 0) is 37.5 Å². The summed E-state index contributed by atoms with van der Waals surface area (Å²) in [6, 6.07) is 0. The van der Waals surface area contributed by atoms with Crippen molar-refractivity contribution in [2.75, 3.05) is 39.6 Å². The molecule has 0 aromatic rings. The Morgan fingerprint density at radius 2 is 0.495 bits per heavy atom. The molecule has 6 atom stereocenters. The van der Waals surface area contributed by atoms with Crippen molar-refractivity contribution in [3.05, 3.63) is 0 Å². The number of unbranched alkanes of at least 4 members (excludes halogenated alkanes) is 52. The SMILES string of the molecule is CCCCCCCCCCCCCCCCCCCCC(=O)OC[C@H](COP(=O)(O)OC[C@@H](O)COP(=O)(O)OC[C@@H](COC(=O)CCCCCCCCCC(C)C)OC(=O)CCCCCCCCCCCCCCC)OC(=O)CCCCCCCCCCCCCCCCCCCCC(C)CC. The van der Waals surface area contributed by atoms with E-state index in [1.807, 2.05) is 0 Å². The third-order valence-electron chi connectivity index (χ3n) is 20.1. The number of aliphatic hydroxyl groups is 1. The van der Waals surface area contributed by atoms with Crippen molar-refractivity contribution < 1.29 is 80.2 Å². The Hall–Kier alpha value is -1.94. The topological polar surface area (TPSA) is 237 Å². The van der Waals surface area contributed by atoms with Gasteiger partial charge < -0.3 is 33.8 Å². The van der Waals surface area contributed by atoms with Crippen molar-refractivity contribution >= 4 is 39.5 Å². The van der Waals surface area contributed by atoms with E-state index in [1.54, 1.807) is 0 Å². The second-order valence-corrected chi connectivity index (χ2v) is 33.8. The first kappa shape index (κ1) is 101. The molecule has 0 rings (SSSR count). The second kappa shape index (κ2) is 75.5. The summed E-state index contributed by atoms with van der Waals surface area (Å²) in [4.78, 5) is 73.1. The number of hydrogen-bond donors (Lipinski definition) is 3. The van der Waals surface area contributed by atoms with Crippen molar-refractivity contribution in [2.24, 2.45) is 11.8 Å². The Balaban J connectivity index is 5.21. The predicted molar refractivity (Wildman–Crippen MR) is 423 cm³/mol. The Morgan fingerprint density at radius 3 is 0.738 bits per heavy atom. The molecule has 0 amide bonds. The number of esters is 4. The van der Waals surface area contributed by atoms with E-state index in [2.05, 4.69) is 41.5 Å². The van der Waals surface area contributed by atoms with Gasteiger partial charge >= 0.3 is 39.5 Å². The summed E-state index contributed by atoms with van der Waals surface area (Å²) in [6.45, 7) is 9.67. The minimum atomic E-state index is -4.96. The molecule has 103 heavy (non-hydrogen) atoms. The van der Waals surface area contributed by atoms with Gasteiger partial charge in [0, 0.05) is 25.7 Å². The first-order valence-corrected chi connectivity index (χ1v) is 46.5. The van der Waals surface area contributed by atoms with Crippen molar-refractivity contribution in [3.8, 4) is 0 Å². The lowest BCUT2D eigenvalue weighted by molar-refractivity contribution is -0.161. The number of ether oxygens (including phenoxy) is 4. The lowest BCUT2D eigenvalue weighted by atomic mass is 9.99. The van der Waals surface area contributed by atoms with Crippen molar-refractivity contribution in [3.63, 3.8) is 0 Å². The molecule has 0 aliphatic rings. The van der Waals surface area contributed by atoms with Crippen LogP contribution in [0.25, 0.3) is 0 Å². The number of phosphoric ester groups is 2. The molecule has 0 heterocycles. The fourth-order valence-electron chi connectivity index (χ4n) is 13.0. The minimum Gasteiger partial charge on any atom is -0.462 e. The van der Waals surface area contributed by atoms with Gasteiger partial charge in [0.15, 0.2) is 12.2 Å². The quantitative estimate of drug-likeness (QED) is 0.0222. The van der Waals surface area contributed by atoms with E-state index >= 15 is 0 Å². The molecule has 0 aromatic heterocycles. The molecule has 0 spiro atoms. The molecule has 0 aliphatic carbocycles. The summed E-state index contributed by atoms with van der Waals surface area (Å²) in [7, 11) is -9.92. The van der Waals surface area contributed by atoms with Crippen LogP contribution in [0.15, 0.2) is 0 Å². The normalized spacial score (nSPS) is 14.1. The number of hydrogen-bond acceptors (Lipinski definition) is 15. The average molecular weight is 1510 g/mol. The molecule has 0 aromatic carbocycles. The maximum absolute atomic E-state index is 13.1. The van der Waals surface area contributed by atoms with E-state index < -0.39 is 97.5 Å². The van der Waals surface area contributed by atoms with Crippen LogP contribution in [0, 0.1) is 11.8 Å². The Kier molecular flexibility index (Phi) is 74.1. The highest BCUT2D eigenvalue weighted by molar-refractivity contribution is 7.47. The zero-order valence-corrected chi connectivity index (χ0v) is 69.4. The van der Waals surface area contributed by atoms with Gasteiger partial charge in [-0.3, -0.25) is 37.3 Å². The summed E-state index contributed by atoms with van der Waals surface area (Å²) in [5, 5.41) is 10.7. The molecule has 0 fully saturated rings. The summed E-state index contributed by atoms with van der Waals surface area (Å²) >= 11 is 0. The zero-order valence-electron chi connectivity index (χ0n) is 67.6. The van der Waals surface area contributed by atoms with Gasteiger partial charge in [0.1, 0.15) is 19.3 Å². The van der Waals surface area contributed by atoms with Gasteiger partial charge in [-0.1, -0.05) is 395 Å². The van der Waals surface area contributed by atoms with E-state index in [9.17, 15) is 43.2 Å². The van der Waals surface area contributed by atoms with Gasteiger partial charge in [-0.2, -0.15) is 0 Å². The Bertz CT molecular complexity index is 1980. The highest BCUT2D eigenvalue weighted by Gasteiger charge is 2.30. The van der Waals surface area contributed by atoms with Gasteiger partial charge in [0.05, 0.1) is 26.4 Å². The fraction of sp³-hybridized carbons (Fsp3) is 0.952. The molecular formula is C84H164O17P2. The zero-order chi connectivity index (χ0) is 75.6. The number of rotatable bonds is 83. The van der Waals surface area contributed by atoms with Crippen LogP contribution in [-0.2, 0) is 65.4 Å². The summed E-state index contributed by atoms with van der Waals surface area (Å²) < 4.78 is 68.8. The maximum Gasteiger partial charge on any atom is 0.472 e. The fourth-order valence-corrected chi connectivity index (χ4v) is 14.6. The summed E-state index contributed by atoms with van der Waals surface area (Å²) in [5.74, 6) is -0.529. The third kappa shape index (κ3) is 76.6. The molecule has 0 aliphatic heterocycles. The van der Waals surface area contributed by atoms with E-state index in [-0.39, 0.29) is 25.7 Å². The third-order valence-corrected chi connectivity index (χ3v) is 22.0. The van der Waals surface area contributed by atoms with E-state index in [4.69, 9.17) is 37.0 Å². The van der Waals surface area contributed by atoms with Gasteiger partial charge in [-0.25, -0.2) is 9.13 Å². The Morgan fingerprint density at radius 1 is 0.282 bits per heavy atom. The van der Waals surface area contributed by atoms with Crippen molar-refractivity contribution in [1.29, 1.82) is 0 Å². The monoisotopic (exact) mass is 1510 g/mol. The van der Waals surface area contributed by atoms with Crippen LogP contribution in [-0.4, -0.2) is 96.7 Å². The van der Waals surface area contributed by atoms with E-state index in [0.29, 0.717) is 31.6 Å². The molecular weight excluding hydrogens is 1340 g/mol. The van der Waals surface area contributed by atoms with Crippen LogP contribution >= 0.6 is 15.6 Å². The predicted octanol–water partition coefficient (Wildman–Crippen LogP) is 25.5. The van der Waals surface area contributed by atoms with Gasteiger partial charge in [0.25, 0.3) is 0 Å². The van der Waals surface area contributed by atoms with Crippen molar-refractivity contribution in [2.45, 2.75) is 464 Å². The molecule has 19 heteroatoms. The number of carbonyl (C=O) groups excluding carboxylic acids is 4. The number of carbonyl (C=O) groups is 4. The Labute approximate surface area is 632 Å². The van der Waals surface area contributed by atoms with Crippen LogP contribution in [0.1, 0.15) is 446 Å². The maximum atomic E-state index is 13.1. The summed E-state index contributed by atoms with van der Waals surface area (Å²) in [5.41, 5.74) is 0. The first-order valence-electron chi connectivity index (χ1n) is 43.5. The lowest BCUT2D eigenvalue weighted by Gasteiger charge is -2.21. The summed E-state index contributed by atoms with van der Waals surface area (Å²) in [6.07, 6.45) is 66.7. The molecule has 17 nitrogen and oxygen atoms in total. The molecule has 0 saturated carbocycles. The molecule has 3 N–H and O–H groups in total. The molecule has 3 unspecified atom stereocenters. The first-order chi connectivity index (χ1) is 49.9. The standard InChI is InChI=1S/C84H164O17P2/c1-7-10-12-14-16-18-20-22-23-24-28-31-35-38-42-48-54-60-66-81(86)94-72-79(100-84(89)69-63-57-50-44-40-36-32-29-26-25-27-30-34-37-41-47-53-59-65-77(6)9-3)74-98-102(90,91)96-70-78(85)71-97-103(92,93)99-75-80(73-95-82(87)67-61-55-51-45-46-52-58-64-76(4)5)101-83(88)68-62-56-49-43-39-33-21-19-17-15-13-11-8-2/h76-80,85H,7-75H2,1-6H3,(H,90,91)(H,92,93)/t77?,78-,79-,80-/m1/s1. The number of aliphatic hydroxyl groups excluding tert-OH is 1. The molecule has 0 bridgehead atoms. The van der Waals surface area contributed by atoms with Crippen molar-refractivity contribution in [1.82, 2.24) is 0 Å². The molecule has 612 valence electrons. The lowest BCUT2D eigenvalue weighted by Crippen LogP contribution is -2.30. The average Bonchev–Trinajstić information content (AvgIpc) is 0.910. The van der Waals surface area contributed by atoms with Gasteiger partial charge in [0.2, 0.25) is 0 Å². The minimum absolute atomic E-state index is 0.107. The van der Waals surface area contributed by atoms with Crippen LogP contribution in [0.2, 0.25) is 0 Å². The molecule has 0 saturated heterocycles. The van der Waals surface area contributed by atoms with E-state index in [1.165, 1.54) is 257 Å². The number of phosphoric acid groups is 2. The van der Waals surface area contributed by atoms with Crippen LogP contribution in [0.4, 0.5) is 0 Å². The van der Waals surface area contributed by atoms with E-state index in [0.717, 1.165) is 102 Å². The van der Waals surface area contributed by atoms with Gasteiger partial charge in [-0.15, -0.1) is 0 Å². The molecule has 0 radical (unpaired) electrons.